The number of ether oxygens (including phenoxy) is 1. The van der Waals surface area contributed by atoms with E-state index in [2.05, 4.69) is 25.8 Å². The minimum absolute atomic E-state index is 0.466. The Bertz CT molecular complexity index is 514. The summed E-state index contributed by atoms with van der Waals surface area (Å²) in [4.78, 5) is 5.50. The minimum Gasteiger partial charge on any atom is -0.377 e. The highest BCUT2D eigenvalue weighted by molar-refractivity contribution is 4.84. The number of hydrogen-bond acceptors (Lipinski definition) is 4. The summed E-state index contributed by atoms with van der Waals surface area (Å²) in [7, 11) is 0. The maximum atomic E-state index is 5.94. The quantitative estimate of drug-likeness (QED) is 0.663. The Balaban J connectivity index is 1.23. The number of aryl methyl sites for hydroxylation is 1. The van der Waals surface area contributed by atoms with Gasteiger partial charge >= 0.3 is 0 Å². The summed E-state index contributed by atoms with van der Waals surface area (Å²) in [5.74, 6) is 0.869. The van der Waals surface area contributed by atoms with Gasteiger partial charge in [0, 0.05) is 51.2 Å². The van der Waals surface area contributed by atoms with Gasteiger partial charge in [-0.05, 0) is 70.0 Å². The van der Waals surface area contributed by atoms with Crippen LogP contribution in [0.3, 0.4) is 0 Å². The van der Waals surface area contributed by atoms with Crippen LogP contribution in [-0.4, -0.2) is 71.1 Å². The normalized spacial score (nSPS) is 25.7. The van der Waals surface area contributed by atoms with E-state index in [0.29, 0.717) is 6.10 Å². The summed E-state index contributed by atoms with van der Waals surface area (Å²) >= 11 is 0. The van der Waals surface area contributed by atoms with Crippen LogP contribution in [0.2, 0.25) is 0 Å². The van der Waals surface area contributed by atoms with Gasteiger partial charge in [0.2, 0.25) is 0 Å². The van der Waals surface area contributed by atoms with Crippen molar-refractivity contribution in [1.29, 1.82) is 0 Å². The number of hydrogen-bond donors (Lipinski definition) is 0. The molecule has 3 heterocycles. The van der Waals surface area contributed by atoms with Crippen LogP contribution in [0.1, 0.15) is 57.8 Å². The topological polar surface area (TPSA) is 33.5 Å². The van der Waals surface area contributed by atoms with Crippen molar-refractivity contribution in [3.8, 4) is 0 Å². The first-order valence-corrected chi connectivity index (χ1v) is 11.4. The van der Waals surface area contributed by atoms with Crippen molar-refractivity contribution in [3.05, 3.63) is 18.5 Å². The summed E-state index contributed by atoms with van der Waals surface area (Å²) in [6, 6.07) is 2.92. The number of aromatic nitrogens is 2. The van der Waals surface area contributed by atoms with E-state index < -0.39 is 0 Å². The van der Waals surface area contributed by atoms with E-state index in [1.54, 1.807) is 0 Å². The standard InChI is InChI=1S/C22H38N4O/c1-2-7-21(6-1)25-15-9-20(10-16-25)18-24(19-22-8-3-17-27-22)12-5-14-26-13-4-11-23-26/h4,11,13,20-22H,1-3,5-10,12,14-19H2. The third-order valence-electron chi connectivity index (χ3n) is 6.91. The molecule has 3 aliphatic rings. The SMILES string of the molecule is c1cnn(CCCN(CC2CCN(C3CCCC3)CC2)CC2CCCO2)c1. The molecule has 27 heavy (non-hydrogen) atoms. The second-order valence-corrected chi connectivity index (χ2v) is 8.93. The molecule has 0 aromatic carbocycles. The highest BCUT2D eigenvalue weighted by Crippen LogP contribution is 2.28. The first-order valence-electron chi connectivity index (χ1n) is 11.4. The molecule has 1 aromatic rings. The molecule has 0 spiro atoms. The van der Waals surface area contributed by atoms with Crippen molar-refractivity contribution in [2.45, 2.75) is 76.5 Å². The zero-order chi connectivity index (χ0) is 18.3. The van der Waals surface area contributed by atoms with Gasteiger partial charge in [0.1, 0.15) is 0 Å². The van der Waals surface area contributed by atoms with Crippen molar-refractivity contribution >= 4 is 0 Å². The molecule has 3 fully saturated rings. The van der Waals surface area contributed by atoms with Crippen molar-refractivity contribution < 1.29 is 4.74 Å². The van der Waals surface area contributed by atoms with E-state index in [1.807, 2.05) is 12.3 Å². The third kappa shape index (κ3) is 5.78. The van der Waals surface area contributed by atoms with Crippen LogP contribution in [0.4, 0.5) is 0 Å². The maximum absolute atomic E-state index is 5.94. The summed E-state index contributed by atoms with van der Waals surface area (Å²) in [5.41, 5.74) is 0. The lowest BCUT2D eigenvalue weighted by atomic mass is 9.94. The van der Waals surface area contributed by atoms with E-state index in [4.69, 9.17) is 4.74 Å². The van der Waals surface area contributed by atoms with Gasteiger partial charge in [-0.1, -0.05) is 12.8 Å². The van der Waals surface area contributed by atoms with Crippen LogP contribution in [0.25, 0.3) is 0 Å². The lowest BCUT2D eigenvalue weighted by molar-refractivity contribution is 0.0560. The average Bonchev–Trinajstić information content (AvgIpc) is 3.46. The Hall–Kier alpha value is -0.910. The summed E-state index contributed by atoms with van der Waals surface area (Å²) in [5, 5.41) is 4.35. The average molecular weight is 375 g/mol. The summed E-state index contributed by atoms with van der Waals surface area (Å²) < 4.78 is 8.00. The molecular formula is C22H38N4O. The highest BCUT2D eigenvalue weighted by Gasteiger charge is 2.28. The van der Waals surface area contributed by atoms with Gasteiger partial charge in [-0.25, -0.2) is 0 Å². The first kappa shape index (κ1) is 19.4. The number of rotatable bonds is 9. The zero-order valence-corrected chi connectivity index (χ0v) is 17.0. The molecule has 5 heteroatoms. The fourth-order valence-electron chi connectivity index (χ4n) is 5.36. The molecule has 1 atom stereocenters. The molecule has 152 valence electrons. The van der Waals surface area contributed by atoms with E-state index >= 15 is 0 Å². The van der Waals surface area contributed by atoms with Gasteiger partial charge in [-0.15, -0.1) is 0 Å². The molecule has 0 amide bonds. The van der Waals surface area contributed by atoms with E-state index in [-0.39, 0.29) is 0 Å². The molecule has 0 bridgehead atoms. The van der Waals surface area contributed by atoms with Crippen molar-refractivity contribution in [2.24, 2.45) is 5.92 Å². The van der Waals surface area contributed by atoms with Gasteiger partial charge in [0.05, 0.1) is 6.10 Å². The van der Waals surface area contributed by atoms with Crippen LogP contribution < -0.4 is 0 Å². The third-order valence-corrected chi connectivity index (χ3v) is 6.91. The van der Waals surface area contributed by atoms with E-state index in [1.165, 1.54) is 84.0 Å². The fourth-order valence-corrected chi connectivity index (χ4v) is 5.36. The molecule has 5 nitrogen and oxygen atoms in total. The number of likely N-dealkylation sites (tertiary alicyclic amines) is 1. The van der Waals surface area contributed by atoms with Gasteiger partial charge in [-0.3, -0.25) is 4.68 Å². The summed E-state index contributed by atoms with van der Waals surface area (Å²) in [6.07, 6.45) is 16.7. The molecule has 1 aliphatic carbocycles. The molecule has 0 N–H and O–H groups in total. The Kier molecular flexibility index (Phi) is 7.21. The van der Waals surface area contributed by atoms with Gasteiger partial charge < -0.3 is 14.5 Å². The van der Waals surface area contributed by atoms with Crippen LogP contribution in [0.5, 0.6) is 0 Å². The molecule has 0 radical (unpaired) electrons. The van der Waals surface area contributed by atoms with Crippen LogP contribution in [-0.2, 0) is 11.3 Å². The van der Waals surface area contributed by atoms with Gasteiger partial charge in [0.25, 0.3) is 0 Å². The van der Waals surface area contributed by atoms with Crippen LogP contribution >= 0.6 is 0 Å². The van der Waals surface area contributed by atoms with Crippen molar-refractivity contribution in [2.75, 3.05) is 39.3 Å². The largest absolute Gasteiger partial charge is 0.377 e. The number of piperidine rings is 1. The van der Waals surface area contributed by atoms with E-state index in [9.17, 15) is 0 Å². The molecule has 1 unspecified atom stereocenters. The minimum atomic E-state index is 0.466. The Morgan fingerprint density at radius 3 is 2.56 bits per heavy atom. The lowest BCUT2D eigenvalue weighted by Crippen LogP contribution is -2.44. The molecule has 4 rings (SSSR count). The molecule has 1 saturated carbocycles. The predicted molar refractivity (Wildman–Crippen MR) is 109 cm³/mol. The van der Waals surface area contributed by atoms with Crippen LogP contribution in [0.15, 0.2) is 18.5 Å². The van der Waals surface area contributed by atoms with Gasteiger partial charge in [-0.2, -0.15) is 5.10 Å². The monoisotopic (exact) mass is 374 g/mol. The van der Waals surface area contributed by atoms with Crippen LogP contribution in [0, 0.1) is 5.92 Å². The van der Waals surface area contributed by atoms with Gasteiger partial charge in [0.15, 0.2) is 0 Å². The second-order valence-electron chi connectivity index (χ2n) is 8.93. The zero-order valence-electron chi connectivity index (χ0n) is 17.0. The van der Waals surface area contributed by atoms with Crippen molar-refractivity contribution in [1.82, 2.24) is 19.6 Å². The lowest BCUT2D eigenvalue weighted by Gasteiger charge is -2.38. The second kappa shape index (κ2) is 10.0. The highest BCUT2D eigenvalue weighted by atomic mass is 16.5. The Morgan fingerprint density at radius 2 is 1.85 bits per heavy atom. The molecular weight excluding hydrogens is 336 g/mol. The smallest absolute Gasteiger partial charge is 0.0702 e. The summed E-state index contributed by atoms with van der Waals surface area (Å²) in [6.45, 7) is 8.20. The Morgan fingerprint density at radius 1 is 1.00 bits per heavy atom. The predicted octanol–water partition coefficient (Wildman–Crippen LogP) is 3.41. The first-order chi connectivity index (χ1) is 13.4. The van der Waals surface area contributed by atoms with E-state index in [0.717, 1.165) is 31.7 Å². The molecule has 2 aliphatic heterocycles. The maximum Gasteiger partial charge on any atom is 0.0702 e. The molecule has 2 saturated heterocycles. The number of nitrogens with zero attached hydrogens (tertiary/aromatic N) is 4. The molecule has 1 aromatic heterocycles. The van der Waals surface area contributed by atoms with Crippen molar-refractivity contribution in [3.63, 3.8) is 0 Å². The fraction of sp³-hybridized carbons (Fsp3) is 0.864. The Labute approximate surface area is 165 Å².